The van der Waals surface area contributed by atoms with E-state index >= 15 is 0 Å². The third kappa shape index (κ3) is 5.47. The van der Waals surface area contributed by atoms with Crippen LogP contribution in [-0.2, 0) is 17.8 Å². The summed E-state index contributed by atoms with van der Waals surface area (Å²) in [5, 5.41) is 17.4. The maximum atomic E-state index is 14.3. The Bertz CT molecular complexity index is 1570. The summed E-state index contributed by atoms with van der Waals surface area (Å²) in [5.41, 5.74) is 3.76. The van der Waals surface area contributed by atoms with Crippen molar-refractivity contribution < 1.29 is 14.7 Å². The van der Waals surface area contributed by atoms with Crippen LogP contribution in [0.2, 0.25) is 0 Å². The van der Waals surface area contributed by atoms with Crippen molar-refractivity contribution in [2.45, 2.75) is 131 Å². The Morgan fingerprint density at radius 3 is 2.43 bits per heavy atom. The molecule has 5 aliphatic rings. The van der Waals surface area contributed by atoms with Crippen molar-refractivity contribution in [3.63, 3.8) is 0 Å². The molecule has 5 fully saturated rings. The zero-order valence-corrected chi connectivity index (χ0v) is 30.9. The second-order valence-corrected chi connectivity index (χ2v) is 18.2. The molecule has 0 radical (unpaired) electrons. The second kappa shape index (κ2) is 12.5. The van der Waals surface area contributed by atoms with Gasteiger partial charge >= 0.3 is 0 Å². The highest BCUT2D eigenvalue weighted by Crippen LogP contribution is 2.76. The average Bonchev–Trinajstić information content (AvgIpc) is 3.52. The molecule has 0 bridgehead atoms. The molecular weight excluding hydrogens is 608 g/mol. The highest BCUT2D eigenvalue weighted by Gasteiger charge is 2.70. The van der Waals surface area contributed by atoms with Crippen LogP contribution in [0, 0.1) is 57.7 Å². The number of hydrogen-bond donors (Lipinski definition) is 3. The molecule has 7 nitrogen and oxygen atoms in total. The minimum absolute atomic E-state index is 0.0254. The highest BCUT2D eigenvalue weighted by atomic mass is 16.3. The lowest BCUT2D eigenvalue weighted by Crippen LogP contribution is -2.67. The van der Waals surface area contributed by atoms with Gasteiger partial charge in [-0.2, -0.15) is 0 Å². The van der Waals surface area contributed by atoms with Gasteiger partial charge in [-0.1, -0.05) is 53.2 Å². The topological polar surface area (TPSA) is 104 Å². The Morgan fingerprint density at radius 2 is 1.65 bits per heavy atom. The van der Waals surface area contributed by atoms with E-state index in [0.29, 0.717) is 48.7 Å². The number of rotatable bonds is 7. The molecule has 5 unspecified atom stereocenters. The number of aliphatic hydroxyl groups excluding tert-OH is 1. The Labute approximate surface area is 294 Å². The summed E-state index contributed by atoms with van der Waals surface area (Å²) in [7, 11) is 0. The Morgan fingerprint density at radius 1 is 0.837 bits per heavy atom. The van der Waals surface area contributed by atoms with Crippen LogP contribution < -0.4 is 10.6 Å². The lowest BCUT2D eigenvalue weighted by Gasteiger charge is -2.72. The van der Waals surface area contributed by atoms with Crippen molar-refractivity contribution in [3.05, 3.63) is 59.2 Å². The third-order valence-electron chi connectivity index (χ3n) is 15.9. The predicted molar refractivity (Wildman–Crippen MR) is 192 cm³/mol. The fourth-order valence-corrected chi connectivity index (χ4v) is 13.1. The number of aryl methyl sites for hydroxylation is 1. The van der Waals surface area contributed by atoms with Crippen LogP contribution in [0.1, 0.15) is 133 Å². The normalized spacial score (nSPS) is 39.1. The number of aliphatic hydroxyl groups is 1. The van der Waals surface area contributed by atoms with Gasteiger partial charge in [-0.05, 0) is 141 Å². The Hall–Kier alpha value is -2.80. The number of carbonyl (C=O) groups is 2. The van der Waals surface area contributed by atoms with Crippen molar-refractivity contribution in [2.24, 2.45) is 50.7 Å². The van der Waals surface area contributed by atoms with Crippen LogP contribution in [-0.4, -0.2) is 39.5 Å². The van der Waals surface area contributed by atoms with E-state index in [-0.39, 0.29) is 45.0 Å². The van der Waals surface area contributed by atoms with Gasteiger partial charge in [0.05, 0.1) is 35.6 Å². The van der Waals surface area contributed by atoms with Gasteiger partial charge < -0.3 is 15.7 Å². The maximum Gasteiger partial charge on any atom is 0.251 e. The quantitative estimate of drug-likeness (QED) is 0.282. The molecular formula is C42H60N4O3. The fourth-order valence-electron chi connectivity index (χ4n) is 13.1. The van der Waals surface area contributed by atoms with Crippen LogP contribution in [0.25, 0.3) is 0 Å². The first kappa shape index (κ1) is 34.6. The van der Waals surface area contributed by atoms with Gasteiger partial charge in [-0.15, -0.1) is 0 Å². The van der Waals surface area contributed by atoms with E-state index in [0.717, 1.165) is 55.5 Å². The monoisotopic (exact) mass is 668 g/mol. The molecule has 7 rings (SSSR count). The van der Waals surface area contributed by atoms with Gasteiger partial charge in [0.25, 0.3) is 5.91 Å². The molecule has 49 heavy (non-hydrogen) atoms. The van der Waals surface area contributed by atoms with Crippen molar-refractivity contribution in [3.8, 4) is 0 Å². The minimum atomic E-state index is -0.244. The van der Waals surface area contributed by atoms with E-state index in [1.165, 1.54) is 32.1 Å². The summed E-state index contributed by atoms with van der Waals surface area (Å²) in [5.74, 6) is 2.45. The first-order valence-electron chi connectivity index (χ1n) is 19.4. The van der Waals surface area contributed by atoms with Crippen molar-refractivity contribution in [2.75, 3.05) is 6.54 Å². The molecule has 5 saturated carbocycles. The smallest absolute Gasteiger partial charge is 0.251 e. The van der Waals surface area contributed by atoms with Crippen LogP contribution in [0.3, 0.4) is 0 Å². The molecule has 2 amide bonds. The Balaban J connectivity index is 1.00. The molecule has 3 N–H and O–H groups in total. The molecule has 1 heterocycles. The maximum absolute atomic E-state index is 14.3. The Kier molecular flexibility index (Phi) is 8.81. The number of nitrogens with zero attached hydrogens (tertiary/aromatic N) is 2. The van der Waals surface area contributed by atoms with Crippen molar-refractivity contribution >= 4 is 11.8 Å². The van der Waals surface area contributed by atoms with Crippen LogP contribution >= 0.6 is 0 Å². The molecule has 266 valence electrons. The van der Waals surface area contributed by atoms with Crippen LogP contribution in [0.5, 0.6) is 0 Å². The largest absolute Gasteiger partial charge is 0.393 e. The SMILES string of the molecule is Cc1cnc(CNC(=O)c2cccc(CCNC(=O)[C@]34CCCC3C3CCC5C(C)(CCC6C(C)(C)[C@@H](O)CC[C@@]65C)[C@]3(C)CC4)c2)cn1. The molecule has 1 aromatic heterocycles. The van der Waals surface area contributed by atoms with E-state index in [4.69, 9.17) is 0 Å². The van der Waals surface area contributed by atoms with E-state index in [1.807, 2.05) is 31.2 Å². The number of fused-ring (bicyclic) bond motifs is 7. The molecule has 0 saturated heterocycles. The first-order chi connectivity index (χ1) is 23.2. The average molecular weight is 669 g/mol. The molecule has 7 heteroatoms. The number of nitrogens with one attached hydrogen (secondary N) is 2. The van der Waals surface area contributed by atoms with Crippen molar-refractivity contribution in [1.29, 1.82) is 0 Å². The van der Waals surface area contributed by atoms with Crippen LogP contribution in [0.4, 0.5) is 0 Å². The summed E-state index contributed by atoms with van der Waals surface area (Å²) < 4.78 is 0. The number of hydrogen-bond acceptors (Lipinski definition) is 5. The van der Waals surface area contributed by atoms with Gasteiger partial charge in [0.2, 0.25) is 5.91 Å². The summed E-state index contributed by atoms with van der Waals surface area (Å²) in [6, 6.07) is 7.74. The number of amides is 2. The number of benzene rings is 1. The highest BCUT2D eigenvalue weighted by molar-refractivity contribution is 5.94. The summed E-state index contributed by atoms with van der Waals surface area (Å²) in [4.78, 5) is 35.8. The molecule has 0 spiro atoms. The summed E-state index contributed by atoms with van der Waals surface area (Å²) in [6.07, 6.45) is 16.5. The van der Waals surface area contributed by atoms with Gasteiger partial charge in [-0.3, -0.25) is 19.6 Å². The number of carbonyl (C=O) groups excluding carboxylic acids is 2. The van der Waals surface area contributed by atoms with E-state index < -0.39 is 0 Å². The molecule has 1 aromatic carbocycles. The number of aromatic nitrogens is 2. The van der Waals surface area contributed by atoms with Gasteiger partial charge in [-0.25, -0.2) is 0 Å². The van der Waals surface area contributed by atoms with Gasteiger partial charge in [0, 0.05) is 18.3 Å². The molecule has 2 aromatic rings. The lowest BCUT2D eigenvalue weighted by molar-refractivity contribution is -0.244. The lowest BCUT2D eigenvalue weighted by atomic mass is 9.32. The third-order valence-corrected chi connectivity index (χ3v) is 15.9. The summed E-state index contributed by atoms with van der Waals surface area (Å²) >= 11 is 0. The predicted octanol–water partition coefficient (Wildman–Crippen LogP) is 7.59. The standard InChI is InChI=1S/C42H60N4O3/c1-27-24-45-30(25-44-27)26-46-36(48)29-10-7-9-28(23-29)16-22-43-37(49)42-17-8-11-32(42)31-12-13-34-39(4)18-15-35(47)38(2,3)33(39)14-19-41(34,6)40(31,5)20-21-42/h7,9-10,23-25,31-35,47H,8,11-22,26H2,1-6H3,(H,43,49)(H,46,48)/t31?,32?,33?,34?,35-,39-,40+,41?,42-/m0/s1. The summed E-state index contributed by atoms with van der Waals surface area (Å²) in [6.45, 7) is 15.3. The van der Waals surface area contributed by atoms with Crippen molar-refractivity contribution in [1.82, 2.24) is 20.6 Å². The van der Waals surface area contributed by atoms with E-state index in [2.05, 4.69) is 55.2 Å². The van der Waals surface area contributed by atoms with Gasteiger partial charge in [0.1, 0.15) is 0 Å². The van der Waals surface area contributed by atoms with Gasteiger partial charge in [0.15, 0.2) is 0 Å². The fraction of sp³-hybridized carbons (Fsp3) is 0.714. The second-order valence-electron chi connectivity index (χ2n) is 18.2. The zero-order chi connectivity index (χ0) is 34.8. The molecule has 0 aliphatic heterocycles. The minimum Gasteiger partial charge on any atom is -0.393 e. The van der Waals surface area contributed by atoms with Crippen LogP contribution in [0.15, 0.2) is 36.7 Å². The van der Waals surface area contributed by atoms with E-state index in [1.54, 1.807) is 12.4 Å². The zero-order valence-electron chi connectivity index (χ0n) is 30.9. The molecule has 5 aliphatic carbocycles. The first-order valence-corrected chi connectivity index (χ1v) is 19.4. The van der Waals surface area contributed by atoms with E-state index in [9.17, 15) is 14.7 Å². The molecule has 9 atom stereocenters.